The van der Waals surface area contributed by atoms with Crippen molar-refractivity contribution in [3.63, 3.8) is 0 Å². The minimum Gasteiger partial charge on any atom is -0.503 e. The number of benzene rings is 2. The number of nitrogens with one attached hydrogen (secondary N) is 1. The van der Waals surface area contributed by atoms with Crippen molar-refractivity contribution in [3.8, 4) is 28.7 Å². The fourth-order valence-corrected chi connectivity index (χ4v) is 3.92. The smallest absolute Gasteiger partial charge is 0.203 e. The van der Waals surface area contributed by atoms with Crippen LogP contribution in [0.1, 0.15) is 30.4 Å². The van der Waals surface area contributed by atoms with Crippen molar-refractivity contribution in [3.05, 3.63) is 47.2 Å². The summed E-state index contributed by atoms with van der Waals surface area (Å²) in [7, 11) is 6.38. The monoisotopic (exact) mass is 395 g/mol. The summed E-state index contributed by atoms with van der Waals surface area (Å²) in [5.41, 5.74) is 5.18. The van der Waals surface area contributed by atoms with Crippen LogP contribution in [0.25, 0.3) is 16.5 Å². The Balaban J connectivity index is 1.95. The van der Waals surface area contributed by atoms with Gasteiger partial charge in [-0.1, -0.05) is 5.57 Å². The molecule has 2 N–H and O–H groups in total. The van der Waals surface area contributed by atoms with Crippen molar-refractivity contribution in [1.82, 2.24) is 4.98 Å². The third-order valence-electron chi connectivity index (χ3n) is 5.55. The van der Waals surface area contributed by atoms with Gasteiger partial charge in [0, 0.05) is 17.1 Å². The van der Waals surface area contributed by atoms with E-state index < -0.39 is 0 Å². The van der Waals surface area contributed by atoms with E-state index in [0.717, 1.165) is 34.9 Å². The predicted octanol–water partition coefficient (Wildman–Crippen LogP) is 4.89. The van der Waals surface area contributed by atoms with Gasteiger partial charge in [0.25, 0.3) is 0 Å². The third kappa shape index (κ3) is 3.05. The lowest BCUT2D eigenvalue weighted by molar-refractivity contribution is 0.324. The third-order valence-corrected chi connectivity index (χ3v) is 5.55. The summed E-state index contributed by atoms with van der Waals surface area (Å²) in [6, 6.07) is 7.71. The zero-order valence-corrected chi connectivity index (χ0v) is 17.1. The molecule has 29 heavy (non-hydrogen) atoms. The van der Waals surface area contributed by atoms with Gasteiger partial charge in [-0.15, -0.1) is 0 Å². The van der Waals surface area contributed by atoms with Crippen LogP contribution in [0.4, 0.5) is 0 Å². The summed E-state index contributed by atoms with van der Waals surface area (Å²) < 4.78 is 21.8. The van der Waals surface area contributed by atoms with E-state index in [0.29, 0.717) is 28.5 Å². The number of phenolic OH excluding ortho intramolecular Hbond substituents is 1. The Bertz CT molecular complexity index is 1070. The molecule has 0 amide bonds. The van der Waals surface area contributed by atoms with Crippen LogP contribution >= 0.6 is 0 Å². The Morgan fingerprint density at radius 2 is 1.55 bits per heavy atom. The number of phenols is 1. The topological polar surface area (TPSA) is 72.9 Å². The van der Waals surface area contributed by atoms with Gasteiger partial charge in [-0.25, -0.2) is 0 Å². The van der Waals surface area contributed by atoms with Crippen molar-refractivity contribution in [2.24, 2.45) is 0 Å². The first-order chi connectivity index (χ1) is 14.1. The first-order valence-corrected chi connectivity index (χ1v) is 9.52. The van der Waals surface area contributed by atoms with E-state index in [2.05, 4.69) is 4.98 Å². The largest absolute Gasteiger partial charge is 0.503 e. The maximum absolute atomic E-state index is 10.5. The standard InChI is InChI=1S/C23H25NO5/c1-26-17-9-8-15-16(12-24-21(15)22(17)25)20(13-6-5-7-13)14-10-18(27-2)23(29-4)19(11-14)28-3/h8-12,24-25H,5-7H2,1-4H3. The van der Waals surface area contributed by atoms with Gasteiger partial charge in [-0.05, 0) is 54.7 Å². The van der Waals surface area contributed by atoms with E-state index in [1.807, 2.05) is 24.4 Å². The van der Waals surface area contributed by atoms with E-state index >= 15 is 0 Å². The molecule has 152 valence electrons. The average molecular weight is 395 g/mol. The minimum atomic E-state index is 0.110. The molecule has 4 rings (SSSR count). The average Bonchev–Trinajstić information content (AvgIpc) is 3.14. The minimum absolute atomic E-state index is 0.110. The Kier molecular flexibility index (Phi) is 5.01. The molecule has 0 spiro atoms. The van der Waals surface area contributed by atoms with Crippen molar-refractivity contribution in [1.29, 1.82) is 0 Å². The van der Waals surface area contributed by atoms with Gasteiger partial charge in [-0.3, -0.25) is 0 Å². The van der Waals surface area contributed by atoms with Crippen LogP contribution in [0.15, 0.2) is 36.0 Å². The molecule has 1 heterocycles. The number of allylic oxidation sites excluding steroid dienone is 1. The molecule has 0 aliphatic heterocycles. The molecule has 2 aromatic carbocycles. The van der Waals surface area contributed by atoms with E-state index in [4.69, 9.17) is 18.9 Å². The highest BCUT2D eigenvalue weighted by atomic mass is 16.5. The van der Waals surface area contributed by atoms with Gasteiger partial charge in [0.15, 0.2) is 23.0 Å². The molecule has 0 atom stereocenters. The van der Waals surface area contributed by atoms with E-state index in [1.165, 1.54) is 12.0 Å². The first-order valence-electron chi connectivity index (χ1n) is 9.52. The van der Waals surface area contributed by atoms with Gasteiger partial charge in [0.1, 0.15) is 0 Å². The van der Waals surface area contributed by atoms with Crippen LogP contribution in [-0.4, -0.2) is 38.5 Å². The molecular weight excluding hydrogens is 370 g/mol. The maximum Gasteiger partial charge on any atom is 0.203 e. The molecule has 1 fully saturated rings. The highest BCUT2D eigenvalue weighted by Gasteiger charge is 2.24. The zero-order valence-electron chi connectivity index (χ0n) is 17.1. The van der Waals surface area contributed by atoms with Crippen molar-refractivity contribution in [2.45, 2.75) is 19.3 Å². The normalized spacial score (nSPS) is 13.2. The van der Waals surface area contributed by atoms with Gasteiger partial charge >= 0.3 is 0 Å². The Morgan fingerprint density at radius 3 is 2.07 bits per heavy atom. The number of ether oxygens (including phenoxy) is 4. The lowest BCUT2D eigenvalue weighted by atomic mass is 9.82. The second-order valence-electron chi connectivity index (χ2n) is 6.99. The van der Waals surface area contributed by atoms with Crippen LogP contribution in [0.2, 0.25) is 0 Å². The molecule has 0 bridgehead atoms. The molecule has 1 aliphatic rings. The second kappa shape index (κ2) is 7.62. The van der Waals surface area contributed by atoms with Gasteiger partial charge in [-0.2, -0.15) is 0 Å². The van der Waals surface area contributed by atoms with Crippen molar-refractivity contribution in [2.75, 3.05) is 28.4 Å². The number of hydrogen-bond acceptors (Lipinski definition) is 5. The molecule has 6 nitrogen and oxygen atoms in total. The summed E-state index contributed by atoms with van der Waals surface area (Å²) in [6.45, 7) is 0. The fourth-order valence-electron chi connectivity index (χ4n) is 3.92. The summed E-state index contributed by atoms with van der Waals surface area (Å²) in [5, 5.41) is 11.5. The highest BCUT2D eigenvalue weighted by molar-refractivity contribution is 6.01. The molecule has 0 saturated heterocycles. The van der Waals surface area contributed by atoms with Crippen LogP contribution in [0, 0.1) is 0 Å². The lowest BCUT2D eigenvalue weighted by Gasteiger charge is -2.24. The summed E-state index contributed by atoms with van der Waals surface area (Å²) in [6.07, 6.45) is 5.19. The highest BCUT2D eigenvalue weighted by Crippen LogP contribution is 2.46. The quantitative estimate of drug-likeness (QED) is 0.621. The molecular formula is C23H25NO5. The maximum atomic E-state index is 10.5. The number of aromatic amines is 1. The summed E-state index contributed by atoms with van der Waals surface area (Å²) >= 11 is 0. The number of methoxy groups -OCH3 is 4. The van der Waals surface area contributed by atoms with Crippen molar-refractivity contribution >= 4 is 16.5 Å². The second-order valence-corrected chi connectivity index (χ2v) is 6.99. The number of hydrogen-bond donors (Lipinski definition) is 2. The molecule has 1 aromatic heterocycles. The molecule has 0 unspecified atom stereocenters. The molecule has 6 heteroatoms. The predicted molar refractivity (Wildman–Crippen MR) is 112 cm³/mol. The number of fused-ring (bicyclic) bond motifs is 1. The Labute approximate surface area is 169 Å². The molecule has 3 aromatic rings. The van der Waals surface area contributed by atoms with Gasteiger partial charge in [0.2, 0.25) is 5.75 Å². The first kappa shape index (κ1) is 19.1. The number of aromatic hydroxyl groups is 1. The Hall–Kier alpha value is -3.28. The van der Waals surface area contributed by atoms with Crippen LogP contribution in [-0.2, 0) is 0 Å². The number of rotatable bonds is 6. The van der Waals surface area contributed by atoms with Gasteiger partial charge in [0.05, 0.1) is 34.0 Å². The fraction of sp³-hybridized carbons (Fsp3) is 0.304. The van der Waals surface area contributed by atoms with Crippen LogP contribution in [0.3, 0.4) is 0 Å². The molecule has 1 saturated carbocycles. The number of aromatic nitrogens is 1. The lowest BCUT2D eigenvalue weighted by Crippen LogP contribution is -2.04. The van der Waals surface area contributed by atoms with Crippen LogP contribution < -0.4 is 18.9 Å². The SMILES string of the molecule is COc1cc(C(=C2CCC2)c2c[nH]c3c(O)c(OC)ccc23)cc(OC)c1OC. The van der Waals surface area contributed by atoms with Crippen molar-refractivity contribution < 1.29 is 24.1 Å². The number of H-pyrrole nitrogens is 1. The summed E-state index contributed by atoms with van der Waals surface area (Å²) in [4.78, 5) is 3.21. The van der Waals surface area contributed by atoms with E-state index in [1.54, 1.807) is 34.5 Å². The zero-order chi connectivity index (χ0) is 20.5. The molecule has 1 aliphatic carbocycles. The molecule has 0 radical (unpaired) electrons. The Morgan fingerprint density at radius 1 is 0.897 bits per heavy atom. The van der Waals surface area contributed by atoms with Crippen LogP contribution in [0.5, 0.6) is 28.7 Å². The van der Waals surface area contributed by atoms with Gasteiger partial charge < -0.3 is 29.0 Å². The summed E-state index contributed by atoms with van der Waals surface area (Å²) in [5.74, 6) is 2.35. The van der Waals surface area contributed by atoms with E-state index in [-0.39, 0.29) is 5.75 Å². The van der Waals surface area contributed by atoms with E-state index in [9.17, 15) is 5.11 Å².